The molecule has 1 aliphatic heterocycles. The highest BCUT2D eigenvalue weighted by molar-refractivity contribution is 6.30. The Bertz CT molecular complexity index is 1100. The molecule has 1 fully saturated rings. The molecule has 0 unspecified atom stereocenters. The first-order chi connectivity index (χ1) is 14.9. The largest absolute Gasteiger partial charge is 0.337 e. The summed E-state index contributed by atoms with van der Waals surface area (Å²) in [6.45, 7) is 4.68. The number of pyridine rings is 1. The maximum absolute atomic E-state index is 13.0. The molecular formula is C22H23ClN6O2. The summed E-state index contributed by atoms with van der Waals surface area (Å²) in [5.74, 6) is 0.147. The fourth-order valence-electron chi connectivity index (χ4n) is 3.56. The minimum atomic E-state index is -0.176. The summed E-state index contributed by atoms with van der Waals surface area (Å²) in [4.78, 5) is 32.9. The van der Waals surface area contributed by atoms with Gasteiger partial charge in [-0.3, -0.25) is 9.59 Å². The highest BCUT2D eigenvalue weighted by Crippen LogP contribution is 2.21. The fraction of sp³-hybridized carbons (Fsp3) is 0.318. The van der Waals surface area contributed by atoms with Gasteiger partial charge in [-0.05, 0) is 56.5 Å². The minimum absolute atomic E-state index is 0.0634. The van der Waals surface area contributed by atoms with Crippen LogP contribution in [0, 0.1) is 19.8 Å². The molecule has 3 aromatic rings. The van der Waals surface area contributed by atoms with Crippen LogP contribution in [0.1, 0.15) is 34.6 Å². The molecule has 0 spiro atoms. The standard InChI is InChI=1S/C22H23ClN6O2/c1-14-6-7-19(24-13-14)25-21(30)16-8-10-28(11-9-16)22(31)20-15(2)26-29(27-20)18-5-3-4-17(23)12-18/h3-7,12-13,16H,8-11H2,1-2H3,(H,24,25,30). The zero-order valence-corrected chi connectivity index (χ0v) is 18.1. The first kappa shape index (κ1) is 21.0. The summed E-state index contributed by atoms with van der Waals surface area (Å²) in [5.41, 5.74) is 2.59. The number of hydrogen-bond acceptors (Lipinski definition) is 5. The van der Waals surface area contributed by atoms with Crippen LogP contribution in [0.15, 0.2) is 42.6 Å². The van der Waals surface area contributed by atoms with Crippen LogP contribution in [0.25, 0.3) is 5.69 Å². The molecule has 2 aromatic heterocycles. The summed E-state index contributed by atoms with van der Waals surface area (Å²) in [6, 6.07) is 10.8. The van der Waals surface area contributed by atoms with E-state index in [2.05, 4.69) is 20.5 Å². The molecule has 0 radical (unpaired) electrons. The predicted molar refractivity (Wildman–Crippen MR) is 117 cm³/mol. The second-order valence-electron chi connectivity index (χ2n) is 7.68. The molecular weight excluding hydrogens is 416 g/mol. The van der Waals surface area contributed by atoms with Crippen LogP contribution in [0.4, 0.5) is 5.82 Å². The van der Waals surface area contributed by atoms with E-state index in [1.54, 1.807) is 42.3 Å². The number of nitrogens with zero attached hydrogens (tertiary/aromatic N) is 5. The highest BCUT2D eigenvalue weighted by Gasteiger charge is 2.30. The summed E-state index contributed by atoms with van der Waals surface area (Å²) < 4.78 is 0. The fourth-order valence-corrected chi connectivity index (χ4v) is 3.74. The molecule has 1 N–H and O–H groups in total. The number of aromatic nitrogens is 4. The van der Waals surface area contributed by atoms with Crippen LogP contribution in [-0.2, 0) is 4.79 Å². The van der Waals surface area contributed by atoms with Crippen LogP contribution >= 0.6 is 11.6 Å². The van der Waals surface area contributed by atoms with Gasteiger partial charge in [0, 0.05) is 30.2 Å². The lowest BCUT2D eigenvalue weighted by Crippen LogP contribution is -2.41. The van der Waals surface area contributed by atoms with Crippen molar-refractivity contribution in [1.29, 1.82) is 0 Å². The van der Waals surface area contributed by atoms with Crippen LogP contribution in [0.5, 0.6) is 0 Å². The molecule has 8 nitrogen and oxygen atoms in total. The average molecular weight is 439 g/mol. The Labute approximate surface area is 185 Å². The monoisotopic (exact) mass is 438 g/mol. The number of rotatable bonds is 4. The summed E-state index contributed by atoms with van der Waals surface area (Å²) in [6.07, 6.45) is 2.89. The van der Waals surface area contributed by atoms with Gasteiger partial charge >= 0.3 is 0 Å². The van der Waals surface area contributed by atoms with Crippen molar-refractivity contribution < 1.29 is 9.59 Å². The van der Waals surface area contributed by atoms with E-state index in [0.717, 1.165) is 5.56 Å². The molecule has 31 heavy (non-hydrogen) atoms. The molecule has 0 aliphatic carbocycles. The van der Waals surface area contributed by atoms with Crippen molar-refractivity contribution in [2.75, 3.05) is 18.4 Å². The van der Waals surface area contributed by atoms with Crippen molar-refractivity contribution in [1.82, 2.24) is 24.9 Å². The summed E-state index contributed by atoms with van der Waals surface area (Å²) >= 11 is 6.04. The van der Waals surface area contributed by atoms with Crippen molar-refractivity contribution in [3.63, 3.8) is 0 Å². The molecule has 1 aromatic carbocycles. The van der Waals surface area contributed by atoms with Gasteiger partial charge in [-0.2, -0.15) is 9.90 Å². The predicted octanol–water partition coefficient (Wildman–Crippen LogP) is 3.42. The van der Waals surface area contributed by atoms with Crippen LogP contribution in [-0.4, -0.2) is 49.8 Å². The Morgan fingerprint density at radius 3 is 2.55 bits per heavy atom. The van der Waals surface area contributed by atoms with Gasteiger partial charge in [0.1, 0.15) is 5.82 Å². The Balaban J connectivity index is 1.38. The molecule has 0 bridgehead atoms. The third kappa shape index (κ3) is 4.74. The molecule has 2 amide bonds. The number of likely N-dealkylation sites (tertiary alicyclic amines) is 1. The quantitative estimate of drug-likeness (QED) is 0.673. The third-order valence-corrected chi connectivity index (χ3v) is 5.57. The Kier molecular flexibility index (Phi) is 5.99. The first-order valence-corrected chi connectivity index (χ1v) is 10.5. The van der Waals surface area contributed by atoms with Crippen LogP contribution in [0.3, 0.4) is 0 Å². The van der Waals surface area contributed by atoms with Crippen molar-refractivity contribution in [3.8, 4) is 5.69 Å². The molecule has 3 heterocycles. The molecule has 0 saturated carbocycles. The topological polar surface area (TPSA) is 93.0 Å². The van der Waals surface area contributed by atoms with E-state index >= 15 is 0 Å². The Hall–Kier alpha value is -3.26. The number of carbonyl (C=O) groups excluding carboxylic acids is 2. The lowest BCUT2D eigenvalue weighted by molar-refractivity contribution is -0.121. The number of anilines is 1. The number of carbonyl (C=O) groups is 2. The van der Waals surface area contributed by atoms with Gasteiger partial charge in [0.15, 0.2) is 5.69 Å². The molecule has 0 atom stereocenters. The van der Waals surface area contributed by atoms with Crippen molar-refractivity contribution in [2.45, 2.75) is 26.7 Å². The molecule has 1 saturated heterocycles. The number of halogens is 1. The second-order valence-corrected chi connectivity index (χ2v) is 8.12. The maximum Gasteiger partial charge on any atom is 0.276 e. The number of nitrogens with one attached hydrogen (secondary N) is 1. The first-order valence-electron chi connectivity index (χ1n) is 10.1. The van der Waals surface area contributed by atoms with E-state index in [1.807, 2.05) is 19.1 Å². The van der Waals surface area contributed by atoms with Gasteiger partial charge < -0.3 is 10.2 Å². The van der Waals surface area contributed by atoms with Crippen LogP contribution < -0.4 is 5.32 Å². The second kappa shape index (κ2) is 8.85. The summed E-state index contributed by atoms with van der Waals surface area (Å²) in [7, 11) is 0. The minimum Gasteiger partial charge on any atom is -0.337 e. The van der Waals surface area contributed by atoms with E-state index in [1.165, 1.54) is 4.80 Å². The van der Waals surface area contributed by atoms with Gasteiger partial charge in [-0.25, -0.2) is 4.98 Å². The van der Waals surface area contributed by atoms with Crippen molar-refractivity contribution >= 4 is 29.2 Å². The number of hydrogen-bond donors (Lipinski definition) is 1. The van der Waals surface area contributed by atoms with Crippen LogP contribution in [0.2, 0.25) is 5.02 Å². The smallest absolute Gasteiger partial charge is 0.276 e. The number of benzene rings is 1. The third-order valence-electron chi connectivity index (χ3n) is 5.34. The zero-order chi connectivity index (χ0) is 22.0. The van der Waals surface area contributed by atoms with Crippen molar-refractivity contribution in [2.24, 2.45) is 5.92 Å². The number of aryl methyl sites for hydroxylation is 2. The van der Waals surface area contributed by atoms with E-state index in [9.17, 15) is 9.59 Å². The normalized spacial score (nSPS) is 14.5. The van der Waals surface area contributed by atoms with Gasteiger partial charge in [0.2, 0.25) is 5.91 Å². The molecule has 4 rings (SSSR count). The van der Waals surface area contributed by atoms with Gasteiger partial charge in [-0.15, -0.1) is 5.10 Å². The zero-order valence-electron chi connectivity index (χ0n) is 17.4. The molecule has 9 heteroatoms. The van der Waals surface area contributed by atoms with Gasteiger partial charge in [0.25, 0.3) is 5.91 Å². The van der Waals surface area contributed by atoms with E-state index in [4.69, 9.17) is 11.6 Å². The van der Waals surface area contributed by atoms with Gasteiger partial charge in [0.05, 0.1) is 11.4 Å². The lowest BCUT2D eigenvalue weighted by atomic mass is 9.95. The Morgan fingerprint density at radius 2 is 1.87 bits per heavy atom. The van der Waals surface area contributed by atoms with E-state index in [0.29, 0.717) is 53.8 Å². The average Bonchev–Trinajstić information content (AvgIpc) is 3.16. The van der Waals surface area contributed by atoms with E-state index in [-0.39, 0.29) is 17.7 Å². The SMILES string of the molecule is Cc1ccc(NC(=O)C2CCN(C(=O)c3nn(-c4cccc(Cl)c4)nc3C)CC2)nc1. The van der Waals surface area contributed by atoms with E-state index < -0.39 is 0 Å². The summed E-state index contributed by atoms with van der Waals surface area (Å²) in [5, 5.41) is 12.2. The Morgan fingerprint density at radius 1 is 1.10 bits per heavy atom. The van der Waals surface area contributed by atoms with Crippen molar-refractivity contribution in [3.05, 3.63) is 64.6 Å². The maximum atomic E-state index is 13.0. The number of amides is 2. The van der Waals surface area contributed by atoms with Gasteiger partial charge in [-0.1, -0.05) is 23.7 Å². The molecule has 160 valence electrons. The lowest BCUT2D eigenvalue weighted by Gasteiger charge is -2.30. The molecule has 1 aliphatic rings. The highest BCUT2D eigenvalue weighted by atomic mass is 35.5. The number of piperidine rings is 1.